The molecule has 0 aromatic carbocycles. The first-order valence-corrected chi connectivity index (χ1v) is 13.3. The fraction of sp³-hybridized carbons (Fsp3) is 0.964. The number of nitrogens with zero attached hydrogens (tertiary/aromatic N) is 1. The lowest BCUT2D eigenvalue weighted by atomic mass is 9.44. The van der Waals surface area contributed by atoms with E-state index in [0.717, 1.165) is 48.3 Å². The molecule has 5 aliphatic rings. The van der Waals surface area contributed by atoms with E-state index in [0.29, 0.717) is 16.9 Å². The van der Waals surface area contributed by atoms with E-state index >= 15 is 0 Å². The van der Waals surface area contributed by atoms with Crippen molar-refractivity contribution < 1.29 is 4.74 Å². The van der Waals surface area contributed by atoms with Crippen molar-refractivity contribution in [2.24, 2.45) is 52.3 Å². The smallest absolute Gasteiger partial charge is 0.102 e. The minimum atomic E-state index is 0.0721. The molecule has 5 fully saturated rings. The van der Waals surface area contributed by atoms with E-state index in [1.54, 1.807) is 0 Å². The summed E-state index contributed by atoms with van der Waals surface area (Å²) in [5.41, 5.74) is 0.965. The van der Waals surface area contributed by atoms with Crippen molar-refractivity contribution >= 4 is 0 Å². The molecule has 30 heavy (non-hydrogen) atoms. The summed E-state index contributed by atoms with van der Waals surface area (Å²) in [6, 6.07) is 2.58. The van der Waals surface area contributed by atoms with E-state index in [2.05, 4.69) is 40.7 Å². The number of hydrogen-bond donors (Lipinski definition) is 0. The fourth-order valence-corrected chi connectivity index (χ4v) is 9.82. The topological polar surface area (TPSA) is 36.3 Å². The van der Waals surface area contributed by atoms with Crippen molar-refractivity contribution in [3.63, 3.8) is 0 Å². The molecule has 5 rings (SSSR count). The van der Waals surface area contributed by atoms with Crippen LogP contribution in [0.15, 0.2) is 0 Å². The van der Waals surface area contributed by atoms with Gasteiger partial charge < -0.3 is 4.74 Å². The molecule has 2 nitrogen and oxygen atoms in total. The highest BCUT2D eigenvalue weighted by atomic mass is 16.6. The summed E-state index contributed by atoms with van der Waals surface area (Å²) in [7, 11) is 0. The minimum Gasteiger partial charge on any atom is -0.365 e. The molecule has 4 saturated carbocycles. The predicted octanol–water partition coefficient (Wildman–Crippen LogP) is 7.38. The van der Waals surface area contributed by atoms with Gasteiger partial charge in [0.05, 0.1) is 12.2 Å². The molecular formula is C28H45NO. The zero-order valence-electron chi connectivity index (χ0n) is 20.3. The third-order valence-electron chi connectivity index (χ3n) is 11.5. The SMILES string of the molecule is CC(C)CCC[C@@H](C)[C@H]1CC[C@H]2[C@@H]3C[C@@H]4O[C@@]45C[C@H](C#N)CC[C@]5(C)[C@H]3CC[C@]12C. The third kappa shape index (κ3) is 2.89. The Kier molecular flexibility index (Phi) is 5.13. The number of fused-ring (bicyclic) bond motifs is 4. The van der Waals surface area contributed by atoms with Gasteiger partial charge >= 0.3 is 0 Å². The first-order valence-electron chi connectivity index (χ1n) is 13.3. The summed E-state index contributed by atoms with van der Waals surface area (Å²) in [5, 5.41) is 9.56. The van der Waals surface area contributed by atoms with Crippen LogP contribution in [0.1, 0.15) is 105 Å². The first kappa shape index (κ1) is 21.3. The van der Waals surface area contributed by atoms with Gasteiger partial charge in [0.25, 0.3) is 0 Å². The standard InChI is InChI=1S/C28H45NO/c1-18(2)7-6-8-19(3)22-9-10-23-21-15-25-28(30-25)16-20(17-29)11-14-27(28,5)24(21)12-13-26(22,23)4/h18-25H,6-16H2,1-5H3/t19-,20-,21+,22-,23+,24+,25+,26-,27-,28+/m1/s1. The third-order valence-corrected chi connectivity index (χ3v) is 11.5. The van der Waals surface area contributed by atoms with Crippen molar-refractivity contribution in [1.29, 1.82) is 5.26 Å². The maximum absolute atomic E-state index is 9.56. The Morgan fingerprint density at radius 2 is 1.80 bits per heavy atom. The molecule has 0 radical (unpaired) electrons. The van der Waals surface area contributed by atoms with E-state index in [9.17, 15) is 5.26 Å². The highest BCUT2D eigenvalue weighted by Crippen LogP contribution is 2.74. The van der Waals surface area contributed by atoms with Crippen molar-refractivity contribution in [2.75, 3.05) is 0 Å². The summed E-state index contributed by atoms with van der Waals surface area (Å²) in [4.78, 5) is 0. The lowest BCUT2D eigenvalue weighted by Crippen LogP contribution is -2.58. The molecule has 0 bridgehead atoms. The van der Waals surface area contributed by atoms with E-state index in [4.69, 9.17) is 4.74 Å². The molecule has 0 aromatic rings. The fourth-order valence-electron chi connectivity index (χ4n) is 9.82. The van der Waals surface area contributed by atoms with Crippen LogP contribution in [-0.2, 0) is 4.74 Å². The van der Waals surface area contributed by atoms with Gasteiger partial charge in [-0.1, -0.05) is 53.9 Å². The molecule has 0 amide bonds. The van der Waals surface area contributed by atoms with E-state index in [1.807, 2.05) is 0 Å². The quantitative estimate of drug-likeness (QED) is 0.442. The van der Waals surface area contributed by atoms with Crippen LogP contribution < -0.4 is 0 Å². The van der Waals surface area contributed by atoms with Crippen LogP contribution in [0.3, 0.4) is 0 Å². The van der Waals surface area contributed by atoms with Crippen molar-refractivity contribution in [2.45, 2.75) is 117 Å². The van der Waals surface area contributed by atoms with Crippen molar-refractivity contribution in [1.82, 2.24) is 0 Å². The Labute approximate surface area is 185 Å². The zero-order chi connectivity index (χ0) is 21.3. The predicted molar refractivity (Wildman–Crippen MR) is 122 cm³/mol. The summed E-state index contributed by atoms with van der Waals surface area (Å²) < 4.78 is 6.58. The molecule has 1 aliphatic heterocycles. The van der Waals surface area contributed by atoms with Gasteiger partial charge in [0, 0.05) is 11.3 Å². The minimum absolute atomic E-state index is 0.0721. The summed E-state index contributed by atoms with van der Waals surface area (Å²) in [5.74, 6) is 5.53. The van der Waals surface area contributed by atoms with Gasteiger partial charge in [-0.3, -0.25) is 0 Å². The van der Waals surface area contributed by atoms with E-state index < -0.39 is 0 Å². The molecule has 1 heterocycles. The van der Waals surface area contributed by atoms with E-state index in [-0.39, 0.29) is 11.5 Å². The van der Waals surface area contributed by atoms with Gasteiger partial charge in [0.1, 0.15) is 5.60 Å². The van der Waals surface area contributed by atoms with Gasteiger partial charge in [-0.05, 0) is 92.3 Å². The Hall–Kier alpha value is -0.550. The first-order chi connectivity index (χ1) is 14.2. The highest BCUT2D eigenvalue weighted by Gasteiger charge is 2.76. The van der Waals surface area contributed by atoms with Crippen LogP contribution in [0.2, 0.25) is 0 Å². The second-order valence-corrected chi connectivity index (χ2v) is 13.1. The molecule has 10 atom stereocenters. The second-order valence-electron chi connectivity index (χ2n) is 13.1. The Balaban J connectivity index is 1.33. The second kappa shape index (κ2) is 7.23. The lowest BCUT2D eigenvalue weighted by molar-refractivity contribution is -0.104. The number of ether oxygens (including phenoxy) is 1. The molecule has 2 heteroatoms. The molecule has 0 N–H and O–H groups in total. The van der Waals surface area contributed by atoms with Crippen LogP contribution in [0, 0.1) is 63.6 Å². The number of hydrogen-bond acceptors (Lipinski definition) is 2. The van der Waals surface area contributed by atoms with Crippen LogP contribution in [0.25, 0.3) is 0 Å². The molecular weight excluding hydrogens is 366 g/mol. The van der Waals surface area contributed by atoms with Crippen molar-refractivity contribution in [3.05, 3.63) is 0 Å². The van der Waals surface area contributed by atoms with Crippen LogP contribution in [-0.4, -0.2) is 11.7 Å². The lowest BCUT2D eigenvalue weighted by Gasteiger charge is -2.59. The summed E-state index contributed by atoms with van der Waals surface area (Å²) >= 11 is 0. The highest BCUT2D eigenvalue weighted by molar-refractivity contribution is 5.25. The number of epoxide rings is 1. The number of nitriles is 1. The average molecular weight is 412 g/mol. The van der Waals surface area contributed by atoms with Crippen LogP contribution in [0.4, 0.5) is 0 Å². The van der Waals surface area contributed by atoms with Gasteiger partial charge in [0.15, 0.2) is 0 Å². The Morgan fingerprint density at radius 3 is 2.53 bits per heavy atom. The average Bonchev–Trinajstić information content (AvgIpc) is 3.28. The van der Waals surface area contributed by atoms with Gasteiger partial charge in [-0.2, -0.15) is 5.26 Å². The molecule has 168 valence electrons. The molecule has 0 unspecified atom stereocenters. The summed E-state index contributed by atoms with van der Waals surface area (Å²) in [6.07, 6.45) is 15.1. The van der Waals surface area contributed by atoms with Gasteiger partial charge in [-0.15, -0.1) is 0 Å². The van der Waals surface area contributed by atoms with Gasteiger partial charge in [0.2, 0.25) is 0 Å². The maximum Gasteiger partial charge on any atom is 0.102 e. The van der Waals surface area contributed by atoms with Gasteiger partial charge in [-0.25, -0.2) is 0 Å². The monoisotopic (exact) mass is 411 g/mol. The molecule has 4 aliphatic carbocycles. The largest absolute Gasteiger partial charge is 0.365 e. The molecule has 1 spiro atoms. The van der Waals surface area contributed by atoms with Crippen LogP contribution >= 0.6 is 0 Å². The number of rotatable bonds is 5. The zero-order valence-corrected chi connectivity index (χ0v) is 20.3. The molecule has 1 saturated heterocycles. The maximum atomic E-state index is 9.56. The normalized spacial score (nSPS) is 52.6. The van der Waals surface area contributed by atoms with E-state index in [1.165, 1.54) is 57.8 Å². The Morgan fingerprint density at radius 1 is 1.00 bits per heavy atom. The summed E-state index contributed by atoms with van der Waals surface area (Å²) in [6.45, 7) is 12.6. The Bertz CT molecular complexity index is 710. The van der Waals surface area contributed by atoms with Crippen molar-refractivity contribution in [3.8, 4) is 6.07 Å². The van der Waals surface area contributed by atoms with Crippen LogP contribution in [0.5, 0.6) is 0 Å². The molecule has 0 aromatic heterocycles.